The van der Waals surface area contributed by atoms with Crippen LogP contribution in [-0.2, 0) is 4.79 Å². The maximum atomic E-state index is 12.5. The molecule has 1 aliphatic heterocycles. The van der Waals surface area contributed by atoms with Crippen molar-refractivity contribution in [2.75, 3.05) is 19.6 Å². The summed E-state index contributed by atoms with van der Waals surface area (Å²) in [5.41, 5.74) is 0. The van der Waals surface area contributed by atoms with E-state index in [4.69, 9.17) is 0 Å². The molecule has 1 saturated carbocycles. The van der Waals surface area contributed by atoms with Gasteiger partial charge in [0.2, 0.25) is 5.91 Å². The monoisotopic (exact) mass is 316 g/mol. The van der Waals surface area contributed by atoms with Crippen LogP contribution in [0.15, 0.2) is 0 Å². The maximum Gasteiger partial charge on any atom is 0.225 e. The number of hydrogen-bond donors (Lipinski definition) is 1. The topological polar surface area (TPSA) is 32.3 Å². The highest BCUT2D eigenvalue weighted by Crippen LogP contribution is 2.28. The number of nitrogens with zero attached hydrogens (tertiary/aromatic N) is 1. The number of unbranched alkanes of at least 4 members (excludes halogenated alkanes) is 1. The van der Waals surface area contributed by atoms with E-state index in [1.54, 1.807) is 0 Å². The Morgan fingerprint density at radius 2 is 1.86 bits per heavy atom. The van der Waals surface area contributed by atoms with E-state index in [1.165, 1.54) is 32.2 Å². The van der Waals surface area contributed by atoms with Crippen LogP contribution < -0.4 is 5.32 Å². The molecule has 1 unspecified atom stereocenters. The molecule has 0 spiro atoms. The highest BCUT2D eigenvalue weighted by atomic mass is 35.5. The van der Waals surface area contributed by atoms with Crippen molar-refractivity contribution in [1.82, 2.24) is 10.2 Å². The second kappa shape index (κ2) is 9.68. The van der Waals surface area contributed by atoms with Gasteiger partial charge in [-0.3, -0.25) is 4.79 Å². The van der Waals surface area contributed by atoms with Crippen LogP contribution in [0.3, 0.4) is 0 Å². The fraction of sp³-hybridized carbons (Fsp3) is 0.941. The Morgan fingerprint density at radius 1 is 1.19 bits per heavy atom. The molecule has 0 radical (unpaired) electrons. The normalized spacial score (nSPS) is 21.0. The van der Waals surface area contributed by atoms with Gasteiger partial charge in [-0.15, -0.1) is 12.4 Å². The molecule has 1 atom stereocenters. The molecule has 1 saturated heterocycles. The fourth-order valence-corrected chi connectivity index (χ4v) is 3.17. The zero-order chi connectivity index (χ0) is 14.4. The van der Waals surface area contributed by atoms with Crippen LogP contribution in [0.2, 0.25) is 0 Å². The van der Waals surface area contributed by atoms with Crippen LogP contribution in [0.1, 0.15) is 65.2 Å². The molecular formula is C17H33ClN2O. The minimum absolute atomic E-state index is 0. The van der Waals surface area contributed by atoms with Crippen molar-refractivity contribution in [2.45, 2.75) is 71.3 Å². The van der Waals surface area contributed by atoms with Gasteiger partial charge in [0.1, 0.15) is 0 Å². The molecule has 0 aromatic heterocycles. The minimum atomic E-state index is 0. The van der Waals surface area contributed by atoms with E-state index in [1.807, 2.05) is 0 Å². The van der Waals surface area contributed by atoms with E-state index in [2.05, 4.69) is 24.1 Å². The number of carbonyl (C=O) groups excluding carboxylic acids is 1. The van der Waals surface area contributed by atoms with Gasteiger partial charge in [-0.1, -0.05) is 26.7 Å². The van der Waals surface area contributed by atoms with Gasteiger partial charge in [0.05, 0.1) is 0 Å². The SMILES string of the molecule is CCCCC(CC)C(=O)N1CCC(NCC2CC2)CC1.Cl. The van der Waals surface area contributed by atoms with E-state index in [0.29, 0.717) is 11.9 Å². The first kappa shape index (κ1) is 18.8. The summed E-state index contributed by atoms with van der Waals surface area (Å²) in [6, 6.07) is 0.648. The molecule has 2 aliphatic rings. The Kier molecular flexibility index (Phi) is 8.65. The molecule has 0 bridgehead atoms. The molecule has 4 heteroatoms. The largest absolute Gasteiger partial charge is 0.342 e. The van der Waals surface area contributed by atoms with Crippen molar-refractivity contribution >= 4 is 18.3 Å². The average molecular weight is 317 g/mol. The highest BCUT2D eigenvalue weighted by Gasteiger charge is 2.28. The zero-order valence-corrected chi connectivity index (χ0v) is 14.6. The van der Waals surface area contributed by atoms with E-state index in [9.17, 15) is 4.79 Å². The van der Waals surface area contributed by atoms with Gasteiger partial charge in [0.15, 0.2) is 0 Å². The van der Waals surface area contributed by atoms with Crippen LogP contribution in [0, 0.1) is 11.8 Å². The molecule has 124 valence electrons. The first-order chi connectivity index (χ1) is 9.74. The number of halogens is 1. The lowest BCUT2D eigenvalue weighted by Crippen LogP contribution is -2.47. The Hall–Kier alpha value is -0.280. The number of likely N-dealkylation sites (tertiary alicyclic amines) is 1. The molecule has 1 aliphatic carbocycles. The van der Waals surface area contributed by atoms with Crippen LogP contribution in [-0.4, -0.2) is 36.5 Å². The third kappa shape index (κ3) is 6.15. The number of amides is 1. The lowest BCUT2D eigenvalue weighted by molar-refractivity contribution is -0.137. The Labute approximate surface area is 136 Å². The number of nitrogens with one attached hydrogen (secondary N) is 1. The molecule has 2 fully saturated rings. The number of hydrogen-bond acceptors (Lipinski definition) is 2. The van der Waals surface area contributed by atoms with Crippen LogP contribution in [0.25, 0.3) is 0 Å². The molecule has 1 N–H and O–H groups in total. The Balaban J connectivity index is 0.00000220. The molecule has 1 heterocycles. The summed E-state index contributed by atoms with van der Waals surface area (Å²) in [6.07, 6.45) is 9.57. The lowest BCUT2D eigenvalue weighted by atomic mass is 9.96. The molecular weight excluding hydrogens is 284 g/mol. The van der Waals surface area contributed by atoms with Crippen LogP contribution >= 0.6 is 12.4 Å². The van der Waals surface area contributed by atoms with Crippen LogP contribution in [0.5, 0.6) is 0 Å². The van der Waals surface area contributed by atoms with Gasteiger partial charge in [-0.25, -0.2) is 0 Å². The second-order valence-corrected chi connectivity index (χ2v) is 6.70. The third-order valence-corrected chi connectivity index (χ3v) is 4.95. The third-order valence-electron chi connectivity index (χ3n) is 4.95. The molecule has 2 rings (SSSR count). The number of piperidine rings is 1. The van der Waals surface area contributed by atoms with Crippen molar-refractivity contribution in [2.24, 2.45) is 11.8 Å². The van der Waals surface area contributed by atoms with Gasteiger partial charge in [-0.05, 0) is 51.0 Å². The van der Waals surface area contributed by atoms with E-state index >= 15 is 0 Å². The predicted molar refractivity (Wildman–Crippen MR) is 90.9 cm³/mol. The molecule has 3 nitrogen and oxygen atoms in total. The fourth-order valence-electron chi connectivity index (χ4n) is 3.17. The van der Waals surface area contributed by atoms with Gasteiger partial charge in [0.25, 0.3) is 0 Å². The zero-order valence-electron chi connectivity index (χ0n) is 13.8. The smallest absolute Gasteiger partial charge is 0.225 e. The second-order valence-electron chi connectivity index (χ2n) is 6.70. The standard InChI is InChI=1S/C17H32N2O.ClH/c1-3-5-6-15(4-2)17(20)19-11-9-16(10-12-19)18-13-14-7-8-14;/h14-16,18H,3-13H2,1-2H3;1H. The van der Waals surface area contributed by atoms with Crippen molar-refractivity contribution in [3.05, 3.63) is 0 Å². The summed E-state index contributed by atoms with van der Waals surface area (Å²) in [5, 5.41) is 3.68. The van der Waals surface area contributed by atoms with Crippen molar-refractivity contribution in [1.29, 1.82) is 0 Å². The van der Waals surface area contributed by atoms with Crippen molar-refractivity contribution in [3.63, 3.8) is 0 Å². The van der Waals surface area contributed by atoms with Crippen molar-refractivity contribution in [3.8, 4) is 0 Å². The summed E-state index contributed by atoms with van der Waals surface area (Å²) < 4.78 is 0. The summed E-state index contributed by atoms with van der Waals surface area (Å²) in [5.74, 6) is 1.64. The minimum Gasteiger partial charge on any atom is -0.342 e. The predicted octanol–water partition coefficient (Wildman–Crippen LogP) is 3.62. The van der Waals surface area contributed by atoms with Gasteiger partial charge in [-0.2, -0.15) is 0 Å². The number of carbonyl (C=O) groups is 1. The highest BCUT2D eigenvalue weighted by molar-refractivity contribution is 5.85. The first-order valence-corrected chi connectivity index (χ1v) is 8.76. The van der Waals surface area contributed by atoms with Gasteiger partial charge < -0.3 is 10.2 Å². The summed E-state index contributed by atoms with van der Waals surface area (Å²) in [7, 11) is 0. The number of rotatable bonds is 8. The Bertz CT molecular complexity index is 299. The quantitative estimate of drug-likeness (QED) is 0.742. The maximum absolute atomic E-state index is 12.5. The summed E-state index contributed by atoms with van der Waals surface area (Å²) >= 11 is 0. The van der Waals surface area contributed by atoms with E-state index in [-0.39, 0.29) is 18.3 Å². The molecule has 0 aromatic rings. The molecule has 0 aromatic carbocycles. The van der Waals surface area contributed by atoms with E-state index < -0.39 is 0 Å². The summed E-state index contributed by atoms with van der Waals surface area (Å²) in [4.78, 5) is 14.6. The Morgan fingerprint density at radius 3 is 2.38 bits per heavy atom. The van der Waals surface area contributed by atoms with Crippen molar-refractivity contribution < 1.29 is 4.79 Å². The summed E-state index contributed by atoms with van der Waals surface area (Å²) in [6.45, 7) is 7.48. The first-order valence-electron chi connectivity index (χ1n) is 8.76. The van der Waals surface area contributed by atoms with E-state index in [0.717, 1.165) is 44.7 Å². The average Bonchev–Trinajstić information content (AvgIpc) is 3.30. The van der Waals surface area contributed by atoms with Crippen LogP contribution in [0.4, 0.5) is 0 Å². The molecule has 21 heavy (non-hydrogen) atoms. The lowest BCUT2D eigenvalue weighted by Gasteiger charge is -2.34. The molecule has 1 amide bonds. The van der Waals surface area contributed by atoms with Gasteiger partial charge in [0, 0.05) is 25.0 Å². The van der Waals surface area contributed by atoms with Gasteiger partial charge >= 0.3 is 0 Å².